The molecule has 0 unspecified atom stereocenters. The number of hydrogen-bond acceptors (Lipinski definition) is 5. The van der Waals surface area contributed by atoms with E-state index in [1.807, 2.05) is 21.1 Å². The number of sulfonamides is 1. The quantitative estimate of drug-likeness (QED) is 0.827. The first-order valence-electron chi connectivity index (χ1n) is 6.95. The zero-order valence-electron chi connectivity index (χ0n) is 12.6. The Hall–Kier alpha value is 0.01000. The molecule has 0 spiro atoms. The predicted molar refractivity (Wildman–Crippen MR) is 90.3 cm³/mol. The zero-order valence-corrected chi connectivity index (χ0v) is 15.8. The number of piperidine rings is 1. The number of rotatable bonds is 5. The number of hydrogen-bond donors (Lipinski definition) is 1. The molecule has 120 valence electrons. The van der Waals surface area contributed by atoms with Gasteiger partial charge < -0.3 is 10.2 Å². The van der Waals surface area contributed by atoms with Crippen LogP contribution in [0.5, 0.6) is 0 Å². The van der Waals surface area contributed by atoms with Gasteiger partial charge in [0, 0.05) is 30.6 Å². The lowest BCUT2D eigenvalue weighted by Crippen LogP contribution is -2.44. The average Bonchev–Trinajstić information content (AvgIpc) is 2.81. The fraction of sp³-hybridized carbons (Fsp3) is 0.692. The first-order chi connectivity index (χ1) is 9.86. The molecule has 8 heteroatoms. The van der Waals surface area contributed by atoms with E-state index in [0.29, 0.717) is 34.4 Å². The van der Waals surface area contributed by atoms with Crippen LogP contribution in [0.3, 0.4) is 0 Å². The molecule has 5 nitrogen and oxygen atoms in total. The summed E-state index contributed by atoms with van der Waals surface area (Å²) < 4.78 is 27.9. The fourth-order valence-electron chi connectivity index (χ4n) is 2.57. The van der Waals surface area contributed by atoms with Gasteiger partial charge in [0.1, 0.15) is 4.90 Å². The van der Waals surface area contributed by atoms with Gasteiger partial charge in [-0.2, -0.15) is 4.31 Å². The molecule has 0 amide bonds. The van der Waals surface area contributed by atoms with E-state index >= 15 is 0 Å². The molecule has 0 bridgehead atoms. The Morgan fingerprint density at radius 1 is 1.43 bits per heavy atom. The van der Waals surface area contributed by atoms with Crippen LogP contribution in [0, 0.1) is 0 Å². The van der Waals surface area contributed by atoms with Crippen LogP contribution in [0.15, 0.2) is 14.7 Å². The molecule has 1 aromatic rings. The van der Waals surface area contributed by atoms with Gasteiger partial charge in [-0.1, -0.05) is 0 Å². The minimum absolute atomic E-state index is 0.404. The molecule has 1 N–H and O–H groups in total. The van der Waals surface area contributed by atoms with Crippen LogP contribution < -0.4 is 5.32 Å². The smallest absolute Gasteiger partial charge is 0.245 e. The van der Waals surface area contributed by atoms with Crippen molar-refractivity contribution in [3.8, 4) is 0 Å². The molecule has 21 heavy (non-hydrogen) atoms. The second-order valence-electron chi connectivity index (χ2n) is 5.48. The molecule has 2 rings (SSSR count). The van der Waals surface area contributed by atoms with E-state index in [4.69, 9.17) is 0 Å². The standard InChI is InChI=1S/C13H22BrN3O2S2/c1-15-9-11-8-12(13(14)20-11)21(18,19)17-6-4-10(5-7-17)16(2)3/h8,10,15H,4-7,9H2,1-3H3. The maximum Gasteiger partial charge on any atom is 0.245 e. The SMILES string of the molecule is CNCc1cc(S(=O)(=O)N2CCC(N(C)C)CC2)c(Br)s1. The Bertz CT molecular complexity index is 578. The molecule has 1 aliphatic heterocycles. The van der Waals surface area contributed by atoms with Crippen molar-refractivity contribution >= 4 is 37.3 Å². The topological polar surface area (TPSA) is 52.7 Å². The van der Waals surface area contributed by atoms with E-state index in [1.54, 1.807) is 10.4 Å². The molecule has 1 aromatic heterocycles. The van der Waals surface area contributed by atoms with Gasteiger partial charge in [-0.15, -0.1) is 11.3 Å². The lowest BCUT2D eigenvalue weighted by molar-refractivity contribution is 0.196. The van der Waals surface area contributed by atoms with Gasteiger partial charge >= 0.3 is 0 Å². The molecule has 1 aliphatic rings. The van der Waals surface area contributed by atoms with Gasteiger partial charge in [0.05, 0.1) is 3.79 Å². The number of nitrogens with one attached hydrogen (secondary N) is 1. The summed E-state index contributed by atoms with van der Waals surface area (Å²) in [5.74, 6) is 0. The summed E-state index contributed by atoms with van der Waals surface area (Å²) in [5.41, 5.74) is 0. The van der Waals surface area contributed by atoms with Crippen LogP contribution in [-0.2, 0) is 16.6 Å². The average molecular weight is 396 g/mol. The van der Waals surface area contributed by atoms with Crippen LogP contribution >= 0.6 is 27.3 Å². The van der Waals surface area contributed by atoms with E-state index in [9.17, 15) is 8.42 Å². The largest absolute Gasteiger partial charge is 0.315 e. The third-order valence-corrected chi connectivity index (χ3v) is 7.98. The zero-order chi connectivity index (χ0) is 15.6. The second kappa shape index (κ2) is 7.06. The van der Waals surface area contributed by atoms with Gasteiger partial charge in [-0.3, -0.25) is 0 Å². The highest BCUT2D eigenvalue weighted by Crippen LogP contribution is 2.34. The normalized spacial score (nSPS) is 18.5. The Balaban J connectivity index is 2.15. The van der Waals surface area contributed by atoms with Crippen molar-refractivity contribution in [2.45, 2.75) is 30.3 Å². The fourth-order valence-corrected chi connectivity index (χ4v) is 6.69. The van der Waals surface area contributed by atoms with Gasteiger partial charge in [0.15, 0.2) is 0 Å². The number of thiophene rings is 1. The van der Waals surface area contributed by atoms with Crippen LogP contribution in [0.2, 0.25) is 0 Å². The van der Waals surface area contributed by atoms with Gasteiger partial charge in [0.25, 0.3) is 0 Å². The lowest BCUT2D eigenvalue weighted by Gasteiger charge is -2.34. The highest BCUT2D eigenvalue weighted by atomic mass is 79.9. The number of halogens is 1. The lowest BCUT2D eigenvalue weighted by atomic mass is 10.1. The third kappa shape index (κ3) is 3.86. The summed E-state index contributed by atoms with van der Waals surface area (Å²) in [5, 5.41) is 3.05. The monoisotopic (exact) mass is 395 g/mol. The second-order valence-corrected chi connectivity index (χ2v) is 9.84. The summed E-state index contributed by atoms with van der Waals surface area (Å²) >= 11 is 4.88. The van der Waals surface area contributed by atoms with Gasteiger partial charge in [-0.05, 0) is 56.0 Å². The molecule has 2 heterocycles. The highest BCUT2D eigenvalue weighted by molar-refractivity contribution is 9.11. The van der Waals surface area contributed by atoms with Crippen molar-refractivity contribution < 1.29 is 8.42 Å². The van der Waals surface area contributed by atoms with E-state index in [-0.39, 0.29) is 0 Å². The maximum absolute atomic E-state index is 12.8. The third-order valence-electron chi connectivity index (χ3n) is 3.83. The minimum atomic E-state index is -3.39. The summed E-state index contributed by atoms with van der Waals surface area (Å²) in [6, 6.07) is 2.25. The van der Waals surface area contributed by atoms with E-state index in [2.05, 4.69) is 26.1 Å². The van der Waals surface area contributed by atoms with Crippen molar-refractivity contribution in [2.75, 3.05) is 34.2 Å². The summed E-state index contributed by atoms with van der Waals surface area (Å²) in [6.07, 6.45) is 1.77. The molecule has 0 aromatic carbocycles. The van der Waals surface area contributed by atoms with E-state index in [1.165, 1.54) is 11.3 Å². The Labute approximate surface area is 139 Å². The Kier molecular flexibility index (Phi) is 5.84. The molecule has 0 aliphatic carbocycles. The molecular formula is C13H22BrN3O2S2. The summed E-state index contributed by atoms with van der Waals surface area (Å²) in [4.78, 5) is 3.60. The predicted octanol–water partition coefficient (Wildman–Crippen LogP) is 1.94. The maximum atomic E-state index is 12.8. The van der Waals surface area contributed by atoms with Crippen LogP contribution in [-0.4, -0.2) is 57.9 Å². The van der Waals surface area contributed by atoms with E-state index in [0.717, 1.165) is 17.7 Å². The van der Waals surface area contributed by atoms with Crippen molar-refractivity contribution in [3.05, 3.63) is 14.7 Å². The molecule has 0 saturated carbocycles. The van der Waals surface area contributed by atoms with E-state index < -0.39 is 10.0 Å². The molecule has 1 fully saturated rings. The summed E-state index contributed by atoms with van der Waals surface area (Å²) in [6.45, 7) is 1.87. The molecule has 0 radical (unpaired) electrons. The summed E-state index contributed by atoms with van der Waals surface area (Å²) in [7, 11) is 2.57. The Morgan fingerprint density at radius 3 is 2.57 bits per heavy atom. The van der Waals surface area contributed by atoms with Crippen molar-refractivity contribution in [3.63, 3.8) is 0 Å². The van der Waals surface area contributed by atoms with Crippen LogP contribution in [0.4, 0.5) is 0 Å². The van der Waals surface area contributed by atoms with Crippen LogP contribution in [0.1, 0.15) is 17.7 Å². The van der Waals surface area contributed by atoms with Crippen molar-refractivity contribution in [1.29, 1.82) is 0 Å². The van der Waals surface area contributed by atoms with Crippen molar-refractivity contribution in [1.82, 2.24) is 14.5 Å². The first kappa shape index (κ1) is 17.4. The number of nitrogens with zero attached hydrogens (tertiary/aromatic N) is 2. The van der Waals surface area contributed by atoms with Gasteiger partial charge in [0.2, 0.25) is 10.0 Å². The Morgan fingerprint density at radius 2 is 2.05 bits per heavy atom. The highest BCUT2D eigenvalue weighted by Gasteiger charge is 2.32. The molecular weight excluding hydrogens is 374 g/mol. The molecule has 1 saturated heterocycles. The van der Waals surface area contributed by atoms with Crippen molar-refractivity contribution in [2.24, 2.45) is 0 Å². The first-order valence-corrected chi connectivity index (χ1v) is 10.0. The van der Waals surface area contributed by atoms with Gasteiger partial charge in [-0.25, -0.2) is 8.42 Å². The van der Waals surface area contributed by atoms with Crippen LogP contribution in [0.25, 0.3) is 0 Å². The molecule has 0 atom stereocenters. The minimum Gasteiger partial charge on any atom is -0.315 e.